The minimum absolute atomic E-state index is 0.0288. The van der Waals surface area contributed by atoms with Crippen molar-refractivity contribution >= 4 is 17.2 Å². The van der Waals surface area contributed by atoms with Crippen molar-refractivity contribution in [1.29, 1.82) is 0 Å². The van der Waals surface area contributed by atoms with Gasteiger partial charge in [0.25, 0.3) is 5.91 Å². The first-order valence-electron chi connectivity index (χ1n) is 7.30. The molecule has 2 aromatic rings. The number of thiophene rings is 1. The molecule has 1 aliphatic rings. The molecule has 0 aliphatic heterocycles. The van der Waals surface area contributed by atoms with Gasteiger partial charge in [-0.05, 0) is 60.9 Å². The van der Waals surface area contributed by atoms with E-state index < -0.39 is 0 Å². The molecule has 3 nitrogen and oxygen atoms in total. The van der Waals surface area contributed by atoms with Gasteiger partial charge >= 0.3 is 0 Å². The van der Waals surface area contributed by atoms with Crippen molar-refractivity contribution in [3.8, 4) is 5.75 Å². The molecule has 1 heterocycles. The van der Waals surface area contributed by atoms with Crippen molar-refractivity contribution in [2.75, 3.05) is 6.61 Å². The number of amides is 1. The Morgan fingerprint density at radius 3 is 3.00 bits per heavy atom. The minimum Gasteiger partial charge on any atom is -0.484 e. The topological polar surface area (TPSA) is 38.3 Å². The van der Waals surface area contributed by atoms with E-state index in [2.05, 4.69) is 17.4 Å². The highest BCUT2D eigenvalue weighted by molar-refractivity contribution is 7.10. The molecule has 3 rings (SSSR count). The molecule has 1 amide bonds. The van der Waals surface area contributed by atoms with Crippen LogP contribution in [0.3, 0.4) is 0 Å². The van der Waals surface area contributed by atoms with Crippen molar-refractivity contribution in [2.45, 2.75) is 32.2 Å². The molecule has 1 aromatic carbocycles. The second kappa shape index (κ2) is 6.31. The lowest BCUT2D eigenvalue weighted by atomic mass is 10.1. The van der Waals surface area contributed by atoms with Crippen LogP contribution in [-0.4, -0.2) is 12.5 Å². The fourth-order valence-corrected chi connectivity index (χ4v) is 3.41. The molecule has 0 spiro atoms. The summed E-state index contributed by atoms with van der Waals surface area (Å²) in [5.41, 5.74) is 2.78. The Balaban J connectivity index is 1.52. The number of hydrogen-bond donors (Lipinski definition) is 1. The van der Waals surface area contributed by atoms with E-state index in [4.69, 9.17) is 4.74 Å². The number of hydrogen-bond acceptors (Lipinski definition) is 3. The van der Waals surface area contributed by atoms with Crippen LogP contribution in [0, 0.1) is 0 Å². The van der Waals surface area contributed by atoms with Crippen LogP contribution in [0.15, 0.2) is 35.7 Å². The van der Waals surface area contributed by atoms with E-state index in [0.717, 1.165) is 23.5 Å². The summed E-state index contributed by atoms with van der Waals surface area (Å²) in [4.78, 5) is 13.1. The predicted molar refractivity (Wildman–Crippen MR) is 84.8 cm³/mol. The first kappa shape index (κ1) is 14.1. The van der Waals surface area contributed by atoms with Crippen molar-refractivity contribution in [3.05, 3.63) is 51.7 Å². The highest BCUT2D eigenvalue weighted by Crippen LogP contribution is 2.26. The zero-order valence-electron chi connectivity index (χ0n) is 12.1. The average Bonchev–Trinajstić information content (AvgIpc) is 3.15. The monoisotopic (exact) mass is 301 g/mol. The maximum absolute atomic E-state index is 11.9. The van der Waals surface area contributed by atoms with Crippen molar-refractivity contribution < 1.29 is 9.53 Å². The average molecular weight is 301 g/mol. The third kappa shape index (κ3) is 3.45. The van der Waals surface area contributed by atoms with Gasteiger partial charge in [-0.1, -0.05) is 12.1 Å². The number of benzene rings is 1. The van der Waals surface area contributed by atoms with E-state index in [-0.39, 0.29) is 18.6 Å². The molecule has 1 N–H and O–H groups in total. The molecule has 0 fully saturated rings. The lowest BCUT2D eigenvalue weighted by molar-refractivity contribution is -0.123. The van der Waals surface area contributed by atoms with Gasteiger partial charge in [0.05, 0.1) is 6.04 Å². The van der Waals surface area contributed by atoms with E-state index in [9.17, 15) is 4.79 Å². The highest BCUT2D eigenvalue weighted by Gasteiger charge is 2.13. The van der Waals surface area contributed by atoms with Gasteiger partial charge in [0.2, 0.25) is 0 Å². The molecule has 1 aliphatic carbocycles. The molecular formula is C17H19NO2S. The summed E-state index contributed by atoms with van der Waals surface area (Å²) in [5, 5.41) is 4.96. The van der Waals surface area contributed by atoms with Crippen LogP contribution in [0.25, 0.3) is 0 Å². The lowest BCUT2D eigenvalue weighted by Gasteiger charge is -2.13. The Hall–Kier alpha value is -1.81. The van der Waals surface area contributed by atoms with Crippen molar-refractivity contribution in [1.82, 2.24) is 5.32 Å². The van der Waals surface area contributed by atoms with Crippen LogP contribution < -0.4 is 10.1 Å². The summed E-state index contributed by atoms with van der Waals surface area (Å²) >= 11 is 1.65. The maximum Gasteiger partial charge on any atom is 0.258 e. The fraction of sp³-hybridized carbons (Fsp3) is 0.353. The summed E-state index contributed by atoms with van der Waals surface area (Å²) in [6, 6.07) is 10.2. The maximum atomic E-state index is 11.9. The minimum atomic E-state index is -0.0867. The first-order valence-corrected chi connectivity index (χ1v) is 8.18. The molecule has 1 atom stereocenters. The number of nitrogens with one attached hydrogen (secondary N) is 1. The Bertz CT molecular complexity index is 622. The van der Waals surface area contributed by atoms with Gasteiger partial charge in [-0.15, -0.1) is 11.3 Å². The van der Waals surface area contributed by atoms with Crippen LogP contribution >= 0.6 is 11.3 Å². The molecule has 21 heavy (non-hydrogen) atoms. The van der Waals surface area contributed by atoms with Gasteiger partial charge < -0.3 is 10.1 Å². The van der Waals surface area contributed by atoms with E-state index in [0.29, 0.717) is 0 Å². The van der Waals surface area contributed by atoms with Gasteiger partial charge in [-0.25, -0.2) is 0 Å². The van der Waals surface area contributed by atoms with Crippen LogP contribution in [0.4, 0.5) is 0 Å². The number of aryl methyl sites for hydroxylation is 2. The zero-order chi connectivity index (χ0) is 14.7. The molecular weight excluding hydrogens is 282 g/mol. The Morgan fingerprint density at radius 2 is 2.19 bits per heavy atom. The Morgan fingerprint density at radius 1 is 1.33 bits per heavy atom. The summed E-state index contributed by atoms with van der Waals surface area (Å²) in [7, 11) is 0. The fourth-order valence-electron chi connectivity index (χ4n) is 2.68. The van der Waals surface area contributed by atoms with Gasteiger partial charge in [0, 0.05) is 4.88 Å². The number of rotatable bonds is 5. The molecule has 4 heteroatoms. The normalized spacial score (nSPS) is 14.5. The number of carbonyl (C=O) groups excluding carboxylic acids is 1. The summed E-state index contributed by atoms with van der Waals surface area (Å²) < 4.78 is 5.60. The van der Waals surface area contributed by atoms with Crippen molar-refractivity contribution in [3.63, 3.8) is 0 Å². The van der Waals surface area contributed by atoms with Gasteiger partial charge in [0.15, 0.2) is 6.61 Å². The predicted octanol–water partition coefficient (Wildman–Crippen LogP) is 3.49. The zero-order valence-corrected chi connectivity index (χ0v) is 12.9. The van der Waals surface area contributed by atoms with E-state index in [1.54, 1.807) is 11.3 Å². The smallest absolute Gasteiger partial charge is 0.258 e. The van der Waals surface area contributed by atoms with E-state index in [1.807, 2.05) is 30.5 Å². The molecule has 1 aromatic heterocycles. The molecule has 1 unspecified atom stereocenters. The SMILES string of the molecule is CC(NC(=O)COc1ccc2c(c1)CCC2)c1cccs1. The van der Waals surface area contributed by atoms with E-state index in [1.165, 1.54) is 17.5 Å². The number of ether oxygens (including phenoxy) is 1. The molecule has 0 saturated heterocycles. The third-order valence-electron chi connectivity index (χ3n) is 3.79. The van der Waals surface area contributed by atoms with Crippen LogP contribution in [0.1, 0.15) is 35.4 Å². The molecule has 0 saturated carbocycles. The van der Waals surface area contributed by atoms with E-state index >= 15 is 0 Å². The quantitative estimate of drug-likeness (QED) is 0.918. The standard InChI is InChI=1S/C17H19NO2S/c1-12(16-6-3-9-21-16)18-17(19)11-20-15-8-7-13-4-2-5-14(13)10-15/h3,6-10,12H,2,4-5,11H2,1H3,(H,18,19). The number of fused-ring (bicyclic) bond motifs is 1. The van der Waals surface area contributed by atoms with Crippen molar-refractivity contribution in [2.24, 2.45) is 0 Å². The summed E-state index contributed by atoms with van der Waals surface area (Å²) in [5.74, 6) is 0.700. The number of carbonyl (C=O) groups is 1. The van der Waals surface area contributed by atoms with Gasteiger partial charge in [0.1, 0.15) is 5.75 Å². The Kier molecular flexibility index (Phi) is 4.25. The summed E-state index contributed by atoms with van der Waals surface area (Å²) in [6.07, 6.45) is 3.50. The molecule has 110 valence electrons. The summed E-state index contributed by atoms with van der Waals surface area (Å²) in [6.45, 7) is 2.05. The molecule has 0 bridgehead atoms. The first-order chi connectivity index (χ1) is 10.2. The Labute approximate surface area is 129 Å². The molecule has 0 radical (unpaired) electrons. The lowest BCUT2D eigenvalue weighted by Crippen LogP contribution is -2.30. The second-order valence-corrected chi connectivity index (χ2v) is 6.36. The van der Waals surface area contributed by atoms with Gasteiger partial charge in [-0.3, -0.25) is 4.79 Å². The second-order valence-electron chi connectivity index (χ2n) is 5.38. The third-order valence-corrected chi connectivity index (χ3v) is 4.84. The van der Waals surface area contributed by atoms with Crippen LogP contribution in [0.2, 0.25) is 0 Å². The van der Waals surface area contributed by atoms with Crippen LogP contribution in [-0.2, 0) is 17.6 Å². The highest BCUT2D eigenvalue weighted by atomic mass is 32.1. The largest absolute Gasteiger partial charge is 0.484 e. The van der Waals surface area contributed by atoms with Gasteiger partial charge in [-0.2, -0.15) is 0 Å². The van der Waals surface area contributed by atoms with Crippen LogP contribution in [0.5, 0.6) is 5.75 Å².